The van der Waals surface area contributed by atoms with Crippen molar-refractivity contribution in [2.75, 3.05) is 17.2 Å². The second-order valence-corrected chi connectivity index (χ2v) is 5.36. The third-order valence-electron chi connectivity index (χ3n) is 2.12. The Hall–Kier alpha value is -2.00. The molecule has 3 N–H and O–H groups in total. The van der Waals surface area contributed by atoms with Crippen LogP contribution in [-0.2, 0) is 4.79 Å². The van der Waals surface area contributed by atoms with Crippen LogP contribution in [0.25, 0.3) is 0 Å². The van der Waals surface area contributed by atoms with Gasteiger partial charge in [0.2, 0.25) is 11.0 Å². The van der Waals surface area contributed by atoms with E-state index in [0.29, 0.717) is 10.8 Å². The number of urea groups is 1. The van der Waals surface area contributed by atoms with Crippen LogP contribution in [0, 0.1) is 0 Å². The van der Waals surface area contributed by atoms with Crippen molar-refractivity contribution < 1.29 is 9.59 Å². The van der Waals surface area contributed by atoms with E-state index in [4.69, 9.17) is 0 Å². The second kappa shape index (κ2) is 6.96. The van der Waals surface area contributed by atoms with Crippen molar-refractivity contribution in [1.82, 2.24) is 15.5 Å². The molecule has 1 aromatic carbocycles. The number of rotatable bonds is 4. The normalized spacial score (nSPS) is 9.85. The van der Waals surface area contributed by atoms with Gasteiger partial charge >= 0.3 is 6.03 Å². The molecule has 3 amide bonds. The third-order valence-corrected chi connectivity index (χ3v) is 3.25. The maximum atomic E-state index is 11.6. The minimum atomic E-state index is -0.507. The minimum Gasteiger partial charge on any atom is -0.329 e. The fourth-order valence-corrected chi connectivity index (χ4v) is 1.97. The first-order chi connectivity index (χ1) is 9.63. The van der Waals surface area contributed by atoms with Crippen LogP contribution in [0.4, 0.5) is 15.6 Å². The zero-order valence-electron chi connectivity index (χ0n) is 10.1. The zero-order valence-corrected chi connectivity index (χ0v) is 12.5. The molecule has 0 radical (unpaired) electrons. The first kappa shape index (κ1) is 14.4. The summed E-state index contributed by atoms with van der Waals surface area (Å²) in [5, 5.41) is 15.1. The molecule has 104 valence electrons. The number of hydrogen-bond donors (Lipinski definition) is 3. The molecule has 2 rings (SSSR count). The first-order valence-corrected chi connectivity index (χ1v) is 7.17. The molecule has 7 nitrogen and oxygen atoms in total. The monoisotopic (exact) mass is 355 g/mol. The van der Waals surface area contributed by atoms with Gasteiger partial charge in [0, 0.05) is 10.2 Å². The summed E-state index contributed by atoms with van der Waals surface area (Å²) in [6.07, 6.45) is 0. The molecule has 0 aliphatic heterocycles. The molecule has 20 heavy (non-hydrogen) atoms. The summed E-state index contributed by atoms with van der Waals surface area (Å²) in [7, 11) is 0. The molecule has 9 heteroatoms. The zero-order chi connectivity index (χ0) is 14.4. The molecule has 0 bridgehead atoms. The topological polar surface area (TPSA) is 96.0 Å². The van der Waals surface area contributed by atoms with Crippen molar-refractivity contribution in [3.05, 3.63) is 34.2 Å². The van der Waals surface area contributed by atoms with Gasteiger partial charge in [0.05, 0.1) is 6.54 Å². The van der Waals surface area contributed by atoms with Crippen LogP contribution in [0.5, 0.6) is 0 Å². The van der Waals surface area contributed by atoms with E-state index in [1.807, 2.05) is 12.1 Å². The van der Waals surface area contributed by atoms with E-state index in [1.165, 1.54) is 16.8 Å². The quantitative estimate of drug-likeness (QED) is 0.781. The number of carbonyl (C=O) groups excluding carboxylic acids is 2. The molecule has 1 heterocycles. The molecule has 0 atom stereocenters. The van der Waals surface area contributed by atoms with E-state index in [-0.39, 0.29) is 12.5 Å². The Morgan fingerprint density at radius 3 is 2.60 bits per heavy atom. The Bertz CT molecular complexity index is 587. The number of carbonyl (C=O) groups is 2. The van der Waals surface area contributed by atoms with Crippen molar-refractivity contribution in [3.63, 3.8) is 0 Å². The Morgan fingerprint density at radius 1 is 1.20 bits per heavy atom. The summed E-state index contributed by atoms with van der Waals surface area (Å²) in [6.45, 7) is -0.138. The number of nitrogens with zero attached hydrogens (tertiary/aromatic N) is 2. The molecule has 1 aromatic heterocycles. The lowest BCUT2D eigenvalue weighted by Gasteiger charge is -2.07. The summed E-state index contributed by atoms with van der Waals surface area (Å²) in [6, 6.07) is 6.62. The molecular formula is C11H10BrN5O2S. The Morgan fingerprint density at radius 2 is 1.95 bits per heavy atom. The van der Waals surface area contributed by atoms with E-state index in [1.54, 1.807) is 12.1 Å². The van der Waals surface area contributed by atoms with Crippen LogP contribution >= 0.6 is 27.3 Å². The van der Waals surface area contributed by atoms with Crippen LogP contribution in [0.3, 0.4) is 0 Å². The number of hydrogen-bond acceptors (Lipinski definition) is 5. The Balaban J connectivity index is 1.74. The fraction of sp³-hybridized carbons (Fsp3) is 0.0909. The molecular weight excluding hydrogens is 346 g/mol. The molecule has 0 saturated carbocycles. The smallest absolute Gasteiger partial charge is 0.321 e. The van der Waals surface area contributed by atoms with Crippen LogP contribution in [0.2, 0.25) is 0 Å². The van der Waals surface area contributed by atoms with E-state index >= 15 is 0 Å². The summed E-state index contributed by atoms with van der Waals surface area (Å²) in [5.41, 5.74) is 2.15. The SMILES string of the molecule is O=C(CNC(=O)Nc1nncs1)Nc1ccc(Br)cc1. The maximum absolute atomic E-state index is 11.6. The van der Waals surface area contributed by atoms with Crippen LogP contribution < -0.4 is 16.0 Å². The summed E-state index contributed by atoms with van der Waals surface area (Å²) >= 11 is 4.49. The molecule has 0 fully saturated rings. The highest BCUT2D eigenvalue weighted by Gasteiger charge is 2.07. The predicted octanol–water partition coefficient (Wildman–Crippen LogP) is 2.06. The van der Waals surface area contributed by atoms with E-state index in [0.717, 1.165) is 4.47 Å². The fourth-order valence-electron chi connectivity index (χ4n) is 1.27. The predicted molar refractivity (Wildman–Crippen MR) is 79.7 cm³/mol. The van der Waals surface area contributed by atoms with Gasteiger partial charge in [0.15, 0.2) is 0 Å². The lowest BCUT2D eigenvalue weighted by Crippen LogP contribution is -2.35. The molecule has 0 spiro atoms. The maximum Gasteiger partial charge on any atom is 0.321 e. The van der Waals surface area contributed by atoms with Gasteiger partial charge in [-0.15, -0.1) is 10.2 Å². The van der Waals surface area contributed by atoms with E-state index in [2.05, 4.69) is 42.1 Å². The average Bonchev–Trinajstić information content (AvgIpc) is 2.92. The highest BCUT2D eigenvalue weighted by atomic mass is 79.9. The lowest BCUT2D eigenvalue weighted by molar-refractivity contribution is -0.115. The van der Waals surface area contributed by atoms with E-state index in [9.17, 15) is 9.59 Å². The first-order valence-electron chi connectivity index (χ1n) is 5.50. The number of benzene rings is 1. The van der Waals surface area contributed by atoms with Gasteiger partial charge in [-0.3, -0.25) is 10.1 Å². The highest BCUT2D eigenvalue weighted by molar-refractivity contribution is 9.10. The third kappa shape index (κ3) is 4.59. The van der Waals surface area contributed by atoms with Crippen LogP contribution in [0.1, 0.15) is 0 Å². The number of aromatic nitrogens is 2. The van der Waals surface area contributed by atoms with Crippen LogP contribution in [0.15, 0.2) is 34.2 Å². The van der Waals surface area contributed by atoms with Gasteiger partial charge in [-0.25, -0.2) is 4.79 Å². The Kier molecular flexibility index (Phi) is 5.02. The molecule has 0 aliphatic rings. The number of anilines is 2. The molecule has 2 aromatic rings. The highest BCUT2D eigenvalue weighted by Crippen LogP contribution is 2.13. The van der Waals surface area contributed by atoms with Crippen molar-refractivity contribution in [2.45, 2.75) is 0 Å². The van der Waals surface area contributed by atoms with E-state index < -0.39 is 6.03 Å². The van der Waals surface area contributed by atoms with Crippen molar-refractivity contribution in [2.24, 2.45) is 0 Å². The minimum absolute atomic E-state index is 0.138. The van der Waals surface area contributed by atoms with Gasteiger partial charge in [0.25, 0.3) is 0 Å². The summed E-state index contributed by atoms with van der Waals surface area (Å²) < 4.78 is 0.921. The van der Waals surface area contributed by atoms with Gasteiger partial charge in [0.1, 0.15) is 5.51 Å². The number of nitrogens with one attached hydrogen (secondary N) is 3. The number of halogens is 1. The number of amides is 3. The van der Waals surface area contributed by atoms with Gasteiger partial charge < -0.3 is 10.6 Å². The lowest BCUT2D eigenvalue weighted by atomic mass is 10.3. The Labute approximate surface area is 126 Å². The molecule has 0 unspecified atom stereocenters. The second-order valence-electron chi connectivity index (χ2n) is 3.61. The van der Waals surface area contributed by atoms with Gasteiger partial charge in [-0.05, 0) is 24.3 Å². The summed E-state index contributed by atoms with van der Waals surface area (Å²) in [5.74, 6) is -0.320. The molecule has 0 saturated heterocycles. The van der Waals surface area contributed by atoms with Gasteiger partial charge in [-0.2, -0.15) is 0 Å². The molecule has 0 aliphatic carbocycles. The standard InChI is InChI=1S/C11H10BrN5O2S/c12-7-1-3-8(4-2-7)15-9(18)5-13-10(19)16-11-17-14-6-20-11/h1-4,6H,5H2,(H,15,18)(H2,13,16,17,19). The van der Waals surface area contributed by atoms with Crippen molar-refractivity contribution in [1.29, 1.82) is 0 Å². The van der Waals surface area contributed by atoms with Crippen molar-refractivity contribution in [3.8, 4) is 0 Å². The van der Waals surface area contributed by atoms with Crippen molar-refractivity contribution >= 4 is 50.0 Å². The largest absolute Gasteiger partial charge is 0.329 e. The van der Waals surface area contributed by atoms with Gasteiger partial charge in [-0.1, -0.05) is 27.3 Å². The van der Waals surface area contributed by atoms with Crippen LogP contribution in [-0.4, -0.2) is 28.7 Å². The average molecular weight is 356 g/mol. The summed E-state index contributed by atoms with van der Waals surface area (Å²) in [4.78, 5) is 23.1.